The van der Waals surface area contributed by atoms with Crippen molar-refractivity contribution in [2.24, 2.45) is 5.41 Å². The van der Waals surface area contributed by atoms with E-state index in [-0.39, 0.29) is 18.2 Å². The van der Waals surface area contributed by atoms with Crippen LogP contribution in [0.3, 0.4) is 0 Å². The Morgan fingerprint density at radius 3 is 2.65 bits per heavy atom. The van der Waals surface area contributed by atoms with Gasteiger partial charge in [-0.05, 0) is 25.0 Å². The van der Waals surface area contributed by atoms with Crippen LogP contribution in [0, 0.1) is 5.41 Å². The molecule has 0 N–H and O–H groups in total. The molecule has 4 heteroatoms. The van der Waals surface area contributed by atoms with Crippen molar-refractivity contribution in [1.82, 2.24) is 0 Å². The zero-order valence-electron chi connectivity index (χ0n) is 9.60. The summed E-state index contributed by atoms with van der Waals surface area (Å²) >= 11 is 0. The van der Waals surface area contributed by atoms with Gasteiger partial charge in [-0.2, -0.15) is 0 Å². The van der Waals surface area contributed by atoms with E-state index in [1.54, 1.807) is 18.1 Å². The van der Waals surface area contributed by atoms with Gasteiger partial charge in [-0.15, -0.1) is 0 Å². The molecule has 1 heterocycles. The molecule has 4 nitrogen and oxygen atoms in total. The molecule has 2 fully saturated rings. The van der Waals surface area contributed by atoms with Gasteiger partial charge in [0.15, 0.2) is 5.78 Å². The average molecular weight is 231 g/mol. The Kier molecular flexibility index (Phi) is 2.02. The summed E-state index contributed by atoms with van der Waals surface area (Å²) in [6.07, 6.45) is 1.43. The number of ether oxygens (including phenoxy) is 1. The number of carbonyl (C=O) groups excluding carboxylic acids is 2. The van der Waals surface area contributed by atoms with Crippen LogP contribution >= 0.6 is 0 Å². The smallest absolute Gasteiger partial charge is 0.241 e. The van der Waals surface area contributed by atoms with Gasteiger partial charge >= 0.3 is 0 Å². The number of ketones is 1. The number of hydrogen-bond donors (Lipinski definition) is 0. The summed E-state index contributed by atoms with van der Waals surface area (Å²) in [5.74, 6) is 0.709. The van der Waals surface area contributed by atoms with E-state index in [1.165, 1.54) is 0 Å². The van der Waals surface area contributed by atoms with Gasteiger partial charge in [0.1, 0.15) is 11.2 Å². The Hall–Kier alpha value is -1.84. The molecule has 0 aromatic heterocycles. The maximum Gasteiger partial charge on any atom is 0.241 e. The van der Waals surface area contributed by atoms with Crippen LogP contribution in [0.1, 0.15) is 12.8 Å². The van der Waals surface area contributed by atoms with Crippen molar-refractivity contribution in [3.8, 4) is 5.75 Å². The standard InChI is InChI=1S/C13H13NO3/c1-17-10-4-2-3-9(7-10)14-8-11(15)13(5-6-13)12(14)16/h2-4,7H,5-6,8H2,1H3. The predicted octanol–water partition coefficient (Wildman–Crippen LogP) is 1.39. The molecule has 2 aliphatic rings. The first-order chi connectivity index (χ1) is 8.17. The lowest BCUT2D eigenvalue weighted by Gasteiger charge is -2.16. The minimum absolute atomic E-state index is 0.0456. The minimum Gasteiger partial charge on any atom is -0.497 e. The third kappa shape index (κ3) is 1.37. The topological polar surface area (TPSA) is 46.6 Å². The lowest BCUT2D eigenvalue weighted by atomic mass is 10.1. The highest BCUT2D eigenvalue weighted by atomic mass is 16.5. The first kappa shape index (κ1) is 10.3. The van der Waals surface area contributed by atoms with Crippen LogP contribution in [0.5, 0.6) is 5.75 Å². The number of benzene rings is 1. The molecule has 1 aromatic carbocycles. The molecule has 0 bridgehead atoms. The Morgan fingerprint density at radius 2 is 2.06 bits per heavy atom. The minimum atomic E-state index is -0.664. The van der Waals surface area contributed by atoms with Crippen LogP contribution in [-0.4, -0.2) is 25.3 Å². The van der Waals surface area contributed by atoms with E-state index in [4.69, 9.17) is 4.74 Å². The van der Waals surface area contributed by atoms with E-state index in [2.05, 4.69) is 0 Å². The molecule has 0 radical (unpaired) electrons. The summed E-state index contributed by atoms with van der Waals surface area (Å²) in [4.78, 5) is 25.5. The Bertz CT molecular complexity index is 505. The van der Waals surface area contributed by atoms with Crippen molar-refractivity contribution in [3.63, 3.8) is 0 Å². The fourth-order valence-electron chi connectivity index (χ4n) is 2.35. The van der Waals surface area contributed by atoms with Gasteiger partial charge in [-0.1, -0.05) is 6.07 Å². The maximum atomic E-state index is 12.2. The number of carbonyl (C=O) groups is 2. The second kappa shape index (κ2) is 3.32. The Morgan fingerprint density at radius 1 is 1.29 bits per heavy atom. The van der Waals surface area contributed by atoms with Crippen LogP contribution < -0.4 is 9.64 Å². The van der Waals surface area contributed by atoms with Gasteiger partial charge in [0.25, 0.3) is 0 Å². The molecular formula is C13H13NO3. The van der Waals surface area contributed by atoms with Crippen LogP contribution in [0.15, 0.2) is 24.3 Å². The number of hydrogen-bond acceptors (Lipinski definition) is 3. The second-order valence-corrected chi connectivity index (χ2v) is 4.60. The van der Waals surface area contributed by atoms with Gasteiger partial charge in [-0.25, -0.2) is 0 Å². The number of Topliss-reactive ketones (excluding diaryl/α,β-unsaturated/α-hetero) is 1. The Labute approximate surface area is 99.2 Å². The van der Waals surface area contributed by atoms with E-state index >= 15 is 0 Å². The fraction of sp³-hybridized carbons (Fsp3) is 0.385. The summed E-state index contributed by atoms with van der Waals surface area (Å²) in [7, 11) is 1.58. The monoisotopic (exact) mass is 231 g/mol. The Balaban J connectivity index is 1.95. The number of rotatable bonds is 2. The summed E-state index contributed by atoms with van der Waals surface area (Å²) < 4.78 is 5.12. The highest BCUT2D eigenvalue weighted by Gasteiger charge is 2.62. The molecule has 1 aromatic rings. The average Bonchev–Trinajstić information content (AvgIpc) is 3.12. The zero-order valence-corrected chi connectivity index (χ0v) is 9.60. The van der Waals surface area contributed by atoms with E-state index in [9.17, 15) is 9.59 Å². The molecule has 1 spiro atoms. The van der Waals surface area contributed by atoms with E-state index in [0.29, 0.717) is 18.6 Å². The lowest BCUT2D eigenvalue weighted by molar-refractivity contribution is -0.128. The van der Waals surface area contributed by atoms with Crippen molar-refractivity contribution >= 4 is 17.4 Å². The van der Waals surface area contributed by atoms with E-state index < -0.39 is 5.41 Å². The molecule has 1 saturated heterocycles. The zero-order chi connectivity index (χ0) is 12.0. The van der Waals surface area contributed by atoms with Crippen LogP contribution in [-0.2, 0) is 9.59 Å². The fourth-order valence-corrected chi connectivity index (χ4v) is 2.35. The second-order valence-electron chi connectivity index (χ2n) is 4.60. The third-order valence-electron chi connectivity index (χ3n) is 3.61. The van der Waals surface area contributed by atoms with Crippen molar-refractivity contribution in [2.75, 3.05) is 18.6 Å². The highest BCUT2D eigenvalue weighted by molar-refractivity contribution is 6.23. The van der Waals surface area contributed by atoms with Gasteiger partial charge in [0.2, 0.25) is 5.91 Å². The molecular weight excluding hydrogens is 218 g/mol. The molecule has 17 heavy (non-hydrogen) atoms. The van der Waals surface area contributed by atoms with Crippen molar-refractivity contribution in [3.05, 3.63) is 24.3 Å². The molecule has 88 valence electrons. The quantitative estimate of drug-likeness (QED) is 0.723. The van der Waals surface area contributed by atoms with Gasteiger partial charge in [0.05, 0.1) is 13.7 Å². The summed E-state index contributed by atoms with van der Waals surface area (Å²) in [6, 6.07) is 7.25. The molecule has 1 amide bonds. The van der Waals surface area contributed by atoms with Crippen LogP contribution in [0.4, 0.5) is 5.69 Å². The number of anilines is 1. The van der Waals surface area contributed by atoms with Gasteiger partial charge < -0.3 is 9.64 Å². The SMILES string of the molecule is COc1cccc(N2CC(=O)C3(CC3)C2=O)c1. The molecule has 3 rings (SSSR count). The van der Waals surface area contributed by atoms with Crippen molar-refractivity contribution in [1.29, 1.82) is 0 Å². The summed E-state index contributed by atoms with van der Waals surface area (Å²) in [5.41, 5.74) is 0.0785. The number of nitrogens with zero attached hydrogens (tertiary/aromatic N) is 1. The normalized spacial score (nSPS) is 21.1. The van der Waals surface area contributed by atoms with E-state index in [1.807, 2.05) is 18.2 Å². The molecule has 0 unspecified atom stereocenters. The first-order valence-electron chi connectivity index (χ1n) is 5.67. The van der Waals surface area contributed by atoms with Crippen LogP contribution in [0.2, 0.25) is 0 Å². The van der Waals surface area contributed by atoms with Crippen molar-refractivity contribution in [2.45, 2.75) is 12.8 Å². The van der Waals surface area contributed by atoms with Crippen molar-refractivity contribution < 1.29 is 14.3 Å². The third-order valence-corrected chi connectivity index (χ3v) is 3.61. The number of methoxy groups -OCH3 is 1. The molecule has 1 aliphatic heterocycles. The molecule has 1 aliphatic carbocycles. The maximum absolute atomic E-state index is 12.2. The molecule has 1 saturated carbocycles. The van der Waals surface area contributed by atoms with Crippen LogP contribution in [0.25, 0.3) is 0 Å². The van der Waals surface area contributed by atoms with Gasteiger partial charge in [0, 0.05) is 11.8 Å². The predicted molar refractivity (Wildman–Crippen MR) is 62.0 cm³/mol. The first-order valence-corrected chi connectivity index (χ1v) is 5.67. The summed E-state index contributed by atoms with van der Waals surface area (Å²) in [5, 5.41) is 0. The van der Waals surface area contributed by atoms with Gasteiger partial charge in [-0.3, -0.25) is 9.59 Å². The number of amides is 1. The van der Waals surface area contributed by atoms with E-state index in [0.717, 1.165) is 5.69 Å². The largest absolute Gasteiger partial charge is 0.497 e. The summed E-state index contributed by atoms with van der Waals surface area (Å²) in [6.45, 7) is 0.200. The molecule has 0 atom stereocenters. The lowest BCUT2D eigenvalue weighted by Crippen LogP contribution is -2.27. The highest BCUT2D eigenvalue weighted by Crippen LogP contribution is 2.52.